The van der Waals surface area contributed by atoms with Gasteiger partial charge in [-0.2, -0.15) is 0 Å². The molecule has 1 saturated carbocycles. The Hall–Kier alpha value is -1.16. The van der Waals surface area contributed by atoms with Gasteiger partial charge in [0.25, 0.3) is 0 Å². The van der Waals surface area contributed by atoms with E-state index < -0.39 is 0 Å². The molecule has 3 rings (SSSR count). The minimum absolute atomic E-state index is 0.780. The molecule has 1 saturated heterocycles. The van der Waals surface area contributed by atoms with Gasteiger partial charge >= 0.3 is 0 Å². The first kappa shape index (κ1) is 14.8. The topological polar surface area (TPSA) is 41.1 Å². The van der Waals surface area contributed by atoms with Gasteiger partial charge in [-0.25, -0.2) is 9.97 Å². The number of anilines is 1. The van der Waals surface area contributed by atoms with E-state index in [0.717, 1.165) is 38.0 Å². The lowest BCUT2D eigenvalue weighted by Gasteiger charge is -2.22. The molecule has 2 heterocycles. The summed E-state index contributed by atoms with van der Waals surface area (Å²) in [6, 6.07) is 0.780. The monoisotopic (exact) mass is 288 g/mol. The summed E-state index contributed by atoms with van der Waals surface area (Å²) < 4.78 is 0. The van der Waals surface area contributed by atoms with E-state index in [0.29, 0.717) is 0 Å². The van der Waals surface area contributed by atoms with E-state index in [2.05, 4.69) is 24.1 Å². The van der Waals surface area contributed by atoms with E-state index in [1.54, 1.807) is 0 Å². The molecule has 1 aromatic heterocycles. The van der Waals surface area contributed by atoms with Gasteiger partial charge < -0.3 is 10.2 Å². The fraction of sp³-hybridized carbons (Fsp3) is 0.765. The van der Waals surface area contributed by atoms with E-state index >= 15 is 0 Å². The molecule has 21 heavy (non-hydrogen) atoms. The lowest BCUT2D eigenvalue weighted by molar-refractivity contribution is 0.673. The van der Waals surface area contributed by atoms with Crippen LogP contribution < -0.4 is 10.2 Å². The minimum atomic E-state index is 0.780. The van der Waals surface area contributed by atoms with Crippen molar-refractivity contribution in [2.75, 3.05) is 24.5 Å². The lowest BCUT2D eigenvalue weighted by Crippen LogP contribution is -2.27. The number of aromatic nitrogens is 2. The zero-order valence-electron chi connectivity index (χ0n) is 13.5. The lowest BCUT2D eigenvalue weighted by atomic mass is 10.1. The van der Waals surface area contributed by atoms with E-state index in [1.165, 1.54) is 55.5 Å². The molecule has 0 unspecified atom stereocenters. The Bertz CT molecular complexity index is 451. The van der Waals surface area contributed by atoms with Crippen LogP contribution in [-0.4, -0.2) is 35.6 Å². The van der Waals surface area contributed by atoms with Gasteiger partial charge in [0.15, 0.2) is 0 Å². The van der Waals surface area contributed by atoms with Crippen molar-refractivity contribution >= 4 is 5.95 Å². The van der Waals surface area contributed by atoms with Gasteiger partial charge in [-0.1, -0.05) is 12.8 Å². The first-order valence-corrected chi connectivity index (χ1v) is 8.56. The van der Waals surface area contributed by atoms with Gasteiger partial charge in [-0.15, -0.1) is 0 Å². The molecule has 116 valence electrons. The van der Waals surface area contributed by atoms with Crippen LogP contribution in [0.15, 0.2) is 0 Å². The third kappa shape index (κ3) is 3.94. The quantitative estimate of drug-likeness (QED) is 0.904. The molecule has 1 N–H and O–H groups in total. The third-order valence-corrected chi connectivity index (χ3v) is 4.68. The van der Waals surface area contributed by atoms with Gasteiger partial charge in [-0.3, -0.25) is 0 Å². The highest BCUT2D eigenvalue weighted by Gasteiger charge is 2.20. The molecule has 2 fully saturated rings. The first-order chi connectivity index (χ1) is 10.2. The second-order valence-corrected chi connectivity index (χ2v) is 6.55. The number of hydrogen-bond acceptors (Lipinski definition) is 4. The van der Waals surface area contributed by atoms with E-state index in [1.807, 2.05) is 0 Å². The van der Waals surface area contributed by atoms with Gasteiger partial charge in [0.1, 0.15) is 0 Å². The van der Waals surface area contributed by atoms with Crippen molar-refractivity contribution in [1.29, 1.82) is 0 Å². The Balaban J connectivity index is 1.68. The van der Waals surface area contributed by atoms with Crippen molar-refractivity contribution in [2.45, 2.75) is 64.8 Å². The molecule has 2 aliphatic rings. The maximum Gasteiger partial charge on any atom is 0.225 e. The van der Waals surface area contributed by atoms with Crippen molar-refractivity contribution in [2.24, 2.45) is 0 Å². The standard InChI is InChI=1S/C17H28N4/c1-13-16(9-10-18-15-7-8-15)14(2)20-17(19-13)21-11-5-3-4-6-12-21/h15,18H,3-12H2,1-2H3. The minimum Gasteiger partial charge on any atom is -0.341 e. The smallest absolute Gasteiger partial charge is 0.225 e. The fourth-order valence-electron chi connectivity index (χ4n) is 3.18. The second kappa shape index (κ2) is 6.73. The van der Waals surface area contributed by atoms with E-state index in [9.17, 15) is 0 Å². The van der Waals surface area contributed by atoms with Crippen LogP contribution in [0.25, 0.3) is 0 Å². The summed E-state index contributed by atoms with van der Waals surface area (Å²) in [4.78, 5) is 12.0. The van der Waals surface area contributed by atoms with Crippen molar-refractivity contribution in [3.63, 3.8) is 0 Å². The molecule has 4 heteroatoms. The summed E-state index contributed by atoms with van der Waals surface area (Å²) in [7, 11) is 0. The van der Waals surface area contributed by atoms with Gasteiger partial charge in [-0.05, 0) is 58.1 Å². The van der Waals surface area contributed by atoms with Crippen LogP contribution in [0, 0.1) is 13.8 Å². The summed E-state index contributed by atoms with van der Waals surface area (Å²) in [6.45, 7) is 7.56. The molecule has 0 atom stereocenters. The van der Waals surface area contributed by atoms with Crippen LogP contribution in [-0.2, 0) is 6.42 Å². The van der Waals surface area contributed by atoms with Crippen LogP contribution >= 0.6 is 0 Å². The summed E-state index contributed by atoms with van der Waals surface area (Å²) in [5.74, 6) is 0.950. The molecule has 4 nitrogen and oxygen atoms in total. The predicted molar refractivity (Wildman–Crippen MR) is 86.9 cm³/mol. The van der Waals surface area contributed by atoms with Crippen molar-refractivity contribution < 1.29 is 0 Å². The van der Waals surface area contributed by atoms with Crippen molar-refractivity contribution in [3.05, 3.63) is 17.0 Å². The molecule has 0 bridgehead atoms. The Morgan fingerprint density at radius 1 is 1.00 bits per heavy atom. The Morgan fingerprint density at radius 3 is 2.19 bits per heavy atom. The molecular weight excluding hydrogens is 260 g/mol. The van der Waals surface area contributed by atoms with Crippen LogP contribution in [0.2, 0.25) is 0 Å². The molecule has 1 aliphatic heterocycles. The molecule has 0 radical (unpaired) electrons. The normalized spacial score (nSPS) is 19.6. The van der Waals surface area contributed by atoms with Crippen molar-refractivity contribution in [3.8, 4) is 0 Å². The zero-order valence-corrected chi connectivity index (χ0v) is 13.5. The maximum atomic E-state index is 4.80. The van der Waals surface area contributed by atoms with E-state index in [-0.39, 0.29) is 0 Å². The van der Waals surface area contributed by atoms with Crippen molar-refractivity contribution in [1.82, 2.24) is 15.3 Å². The number of nitrogens with zero attached hydrogens (tertiary/aromatic N) is 3. The molecule has 1 aromatic rings. The molecule has 0 spiro atoms. The Labute approximate surface area is 128 Å². The molecular formula is C17H28N4. The summed E-state index contributed by atoms with van der Waals surface area (Å²) in [6.07, 6.45) is 8.99. The first-order valence-electron chi connectivity index (χ1n) is 8.56. The van der Waals surface area contributed by atoms with E-state index in [4.69, 9.17) is 9.97 Å². The zero-order chi connectivity index (χ0) is 14.7. The Morgan fingerprint density at radius 2 is 1.62 bits per heavy atom. The second-order valence-electron chi connectivity index (χ2n) is 6.55. The van der Waals surface area contributed by atoms with Crippen LogP contribution in [0.4, 0.5) is 5.95 Å². The van der Waals surface area contributed by atoms with Crippen LogP contribution in [0.3, 0.4) is 0 Å². The maximum absolute atomic E-state index is 4.80. The highest BCUT2D eigenvalue weighted by atomic mass is 15.2. The average Bonchev–Trinajstić information content (AvgIpc) is 3.28. The van der Waals surface area contributed by atoms with Crippen LogP contribution in [0.1, 0.15) is 55.5 Å². The number of aryl methyl sites for hydroxylation is 2. The summed E-state index contributed by atoms with van der Waals surface area (Å²) in [5.41, 5.74) is 3.67. The molecule has 1 aliphatic carbocycles. The van der Waals surface area contributed by atoms with Gasteiger partial charge in [0, 0.05) is 30.5 Å². The predicted octanol–water partition coefficient (Wildman–Crippen LogP) is 2.77. The third-order valence-electron chi connectivity index (χ3n) is 4.68. The number of nitrogens with one attached hydrogen (secondary N) is 1. The largest absolute Gasteiger partial charge is 0.341 e. The average molecular weight is 288 g/mol. The summed E-state index contributed by atoms with van der Waals surface area (Å²) in [5, 5.41) is 3.58. The highest BCUT2D eigenvalue weighted by molar-refractivity contribution is 5.37. The number of hydrogen-bond donors (Lipinski definition) is 1. The van der Waals surface area contributed by atoms with Gasteiger partial charge in [0.05, 0.1) is 0 Å². The number of rotatable bonds is 5. The Kier molecular flexibility index (Phi) is 4.73. The highest BCUT2D eigenvalue weighted by Crippen LogP contribution is 2.21. The molecule has 0 aromatic carbocycles. The van der Waals surface area contributed by atoms with Gasteiger partial charge in [0.2, 0.25) is 5.95 Å². The summed E-state index contributed by atoms with van der Waals surface area (Å²) >= 11 is 0. The molecule has 0 amide bonds. The SMILES string of the molecule is Cc1nc(N2CCCCCC2)nc(C)c1CCNC1CC1. The van der Waals surface area contributed by atoms with Crippen LogP contribution in [0.5, 0.6) is 0 Å². The fourth-order valence-corrected chi connectivity index (χ4v) is 3.18.